The molecule has 0 aromatic heterocycles. The van der Waals surface area contributed by atoms with E-state index in [9.17, 15) is 18.0 Å². The summed E-state index contributed by atoms with van der Waals surface area (Å²) in [6, 6.07) is 7.66. The normalized spacial score (nSPS) is 13.6. The Bertz CT molecular complexity index is 971. The average molecular weight is 344 g/mol. The Kier molecular flexibility index (Phi) is 3.68. The van der Waals surface area contributed by atoms with Crippen LogP contribution in [0.4, 0.5) is 5.69 Å². The van der Waals surface area contributed by atoms with Crippen LogP contribution in [0.15, 0.2) is 35.2 Å². The standard InChI is InChI=1S/C17H16N2O4S/c1-9-6-10(2)15(11(3)7-9)19-24(22,23)12-4-5-13-14(8-12)17(21)18-16(13)20/h4-8,19H,1-3H3,(H,18,20,21). The van der Waals surface area contributed by atoms with Gasteiger partial charge in [-0.2, -0.15) is 0 Å². The minimum Gasteiger partial charge on any atom is -0.288 e. The van der Waals surface area contributed by atoms with E-state index in [0.29, 0.717) is 5.69 Å². The fraction of sp³-hybridized carbons (Fsp3) is 0.176. The lowest BCUT2D eigenvalue weighted by Gasteiger charge is -2.14. The predicted molar refractivity (Wildman–Crippen MR) is 89.7 cm³/mol. The van der Waals surface area contributed by atoms with Gasteiger partial charge in [-0.15, -0.1) is 0 Å². The Morgan fingerprint density at radius 3 is 2.08 bits per heavy atom. The van der Waals surface area contributed by atoms with Gasteiger partial charge in [0.15, 0.2) is 0 Å². The van der Waals surface area contributed by atoms with Gasteiger partial charge in [0, 0.05) is 0 Å². The number of fused-ring (bicyclic) bond motifs is 1. The molecule has 2 amide bonds. The first kappa shape index (κ1) is 16.2. The van der Waals surface area contributed by atoms with Crippen LogP contribution in [-0.2, 0) is 10.0 Å². The molecule has 24 heavy (non-hydrogen) atoms. The fourth-order valence-corrected chi connectivity index (χ4v) is 4.08. The van der Waals surface area contributed by atoms with E-state index < -0.39 is 21.8 Å². The third-order valence-corrected chi connectivity index (χ3v) is 5.28. The van der Waals surface area contributed by atoms with Gasteiger partial charge in [0.2, 0.25) is 0 Å². The second-order valence-corrected chi connectivity index (χ2v) is 7.55. The molecular weight excluding hydrogens is 328 g/mol. The molecule has 0 aliphatic carbocycles. The summed E-state index contributed by atoms with van der Waals surface area (Å²) < 4.78 is 27.9. The molecule has 6 nitrogen and oxygen atoms in total. The number of hydrogen-bond donors (Lipinski definition) is 2. The van der Waals surface area contributed by atoms with Crippen molar-refractivity contribution in [2.24, 2.45) is 0 Å². The maximum Gasteiger partial charge on any atom is 0.261 e. The minimum absolute atomic E-state index is 0.0644. The number of sulfonamides is 1. The molecule has 1 aliphatic heterocycles. The number of hydrogen-bond acceptors (Lipinski definition) is 4. The van der Waals surface area contributed by atoms with Crippen LogP contribution in [-0.4, -0.2) is 20.2 Å². The molecule has 2 aromatic rings. The number of carbonyl (C=O) groups is 2. The third-order valence-electron chi connectivity index (χ3n) is 3.93. The molecule has 0 saturated heterocycles. The van der Waals surface area contributed by atoms with Crippen LogP contribution in [0.1, 0.15) is 37.4 Å². The van der Waals surface area contributed by atoms with Crippen molar-refractivity contribution in [1.82, 2.24) is 5.32 Å². The number of imide groups is 1. The van der Waals surface area contributed by atoms with Crippen molar-refractivity contribution in [3.05, 3.63) is 58.1 Å². The van der Waals surface area contributed by atoms with Crippen molar-refractivity contribution in [1.29, 1.82) is 0 Å². The highest BCUT2D eigenvalue weighted by Gasteiger charge is 2.29. The van der Waals surface area contributed by atoms with Gasteiger partial charge < -0.3 is 0 Å². The molecular formula is C17H16N2O4S. The average Bonchev–Trinajstić information content (AvgIpc) is 2.77. The molecule has 2 N–H and O–H groups in total. The van der Waals surface area contributed by atoms with Crippen molar-refractivity contribution < 1.29 is 18.0 Å². The Labute approximate surface area is 139 Å². The van der Waals surface area contributed by atoms with Gasteiger partial charge >= 0.3 is 0 Å². The van der Waals surface area contributed by atoms with E-state index in [4.69, 9.17) is 0 Å². The van der Waals surface area contributed by atoms with Crippen LogP contribution in [0, 0.1) is 20.8 Å². The van der Waals surface area contributed by atoms with Crippen LogP contribution in [0.25, 0.3) is 0 Å². The molecule has 0 fully saturated rings. The number of rotatable bonds is 3. The van der Waals surface area contributed by atoms with E-state index in [2.05, 4.69) is 10.0 Å². The second kappa shape index (κ2) is 5.45. The summed E-state index contributed by atoms with van der Waals surface area (Å²) in [5.74, 6) is -1.10. The quantitative estimate of drug-likeness (QED) is 0.836. The summed E-state index contributed by atoms with van der Waals surface area (Å²) >= 11 is 0. The number of benzene rings is 2. The number of carbonyl (C=O) groups excluding carboxylic acids is 2. The molecule has 0 unspecified atom stereocenters. The van der Waals surface area contributed by atoms with E-state index in [1.807, 2.05) is 32.9 Å². The SMILES string of the molecule is Cc1cc(C)c(NS(=O)(=O)c2ccc3c(c2)C(=O)NC3=O)c(C)c1. The van der Waals surface area contributed by atoms with Gasteiger partial charge in [0.05, 0.1) is 21.7 Å². The molecule has 0 radical (unpaired) electrons. The van der Waals surface area contributed by atoms with E-state index in [-0.39, 0.29) is 16.0 Å². The van der Waals surface area contributed by atoms with E-state index in [1.165, 1.54) is 18.2 Å². The first-order chi connectivity index (χ1) is 11.2. The molecule has 0 atom stereocenters. The highest BCUT2D eigenvalue weighted by Crippen LogP contribution is 2.26. The van der Waals surface area contributed by atoms with Crippen LogP contribution < -0.4 is 10.0 Å². The molecule has 3 rings (SSSR count). The lowest BCUT2D eigenvalue weighted by molar-refractivity contribution is 0.0879. The Hall–Kier alpha value is -2.67. The zero-order valence-electron chi connectivity index (χ0n) is 13.4. The minimum atomic E-state index is -3.87. The second-order valence-electron chi connectivity index (χ2n) is 5.87. The van der Waals surface area contributed by atoms with Gasteiger partial charge in [-0.05, 0) is 50.1 Å². The number of anilines is 1. The van der Waals surface area contributed by atoms with Gasteiger partial charge in [-0.3, -0.25) is 19.6 Å². The van der Waals surface area contributed by atoms with Gasteiger partial charge in [0.25, 0.3) is 21.8 Å². The van der Waals surface area contributed by atoms with E-state index in [1.54, 1.807) is 0 Å². The zero-order valence-corrected chi connectivity index (χ0v) is 14.2. The first-order valence-corrected chi connectivity index (χ1v) is 8.78. The Balaban J connectivity index is 2.03. The zero-order chi connectivity index (χ0) is 17.6. The van der Waals surface area contributed by atoms with Gasteiger partial charge in [0.1, 0.15) is 0 Å². The molecule has 1 aliphatic rings. The largest absolute Gasteiger partial charge is 0.288 e. The molecule has 7 heteroatoms. The number of amides is 2. The topological polar surface area (TPSA) is 92.3 Å². The summed E-state index contributed by atoms with van der Waals surface area (Å²) in [6.07, 6.45) is 0. The van der Waals surface area contributed by atoms with Crippen LogP contribution in [0.3, 0.4) is 0 Å². The lowest BCUT2D eigenvalue weighted by atomic mass is 10.1. The molecule has 0 bridgehead atoms. The summed E-state index contributed by atoms with van der Waals surface area (Å²) in [4.78, 5) is 23.2. The van der Waals surface area contributed by atoms with Crippen LogP contribution in [0.2, 0.25) is 0 Å². The number of aryl methyl sites for hydroxylation is 3. The highest BCUT2D eigenvalue weighted by atomic mass is 32.2. The smallest absolute Gasteiger partial charge is 0.261 e. The summed E-state index contributed by atoms with van der Waals surface area (Å²) in [5, 5.41) is 2.14. The molecule has 124 valence electrons. The third kappa shape index (κ3) is 2.67. The van der Waals surface area contributed by atoms with Gasteiger partial charge in [-0.25, -0.2) is 8.42 Å². The fourth-order valence-electron chi connectivity index (χ4n) is 2.85. The monoisotopic (exact) mass is 344 g/mol. The maximum atomic E-state index is 12.7. The van der Waals surface area contributed by atoms with Crippen molar-refractivity contribution in [2.45, 2.75) is 25.7 Å². The Morgan fingerprint density at radius 2 is 1.46 bits per heavy atom. The maximum absolute atomic E-state index is 12.7. The van der Waals surface area contributed by atoms with Crippen molar-refractivity contribution in [3.8, 4) is 0 Å². The molecule has 2 aromatic carbocycles. The highest BCUT2D eigenvalue weighted by molar-refractivity contribution is 7.92. The van der Waals surface area contributed by atoms with Crippen molar-refractivity contribution in [2.75, 3.05) is 4.72 Å². The van der Waals surface area contributed by atoms with E-state index in [0.717, 1.165) is 16.7 Å². The first-order valence-electron chi connectivity index (χ1n) is 7.29. The number of nitrogens with one attached hydrogen (secondary N) is 2. The lowest BCUT2D eigenvalue weighted by Crippen LogP contribution is -2.20. The van der Waals surface area contributed by atoms with E-state index >= 15 is 0 Å². The summed E-state index contributed by atoms with van der Waals surface area (Å²) in [7, 11) is -3.87. The summed E-state index contributed by atoms with van der Waals surface area (Å²) in [6.45, 7) is 5.59. The van der Waals surface area contributed by atoms with Gasteiger partial charge in [-0.1, -0.05) is 17.7 Å². The van der Waals surface area contributed by atoms with Crippen molar-refractivity contribution >= 4 is 27.5 Å². The van der Waals surface area contributed by atoms with Crippen LogP contribution in [0.5, 0.6) is 0 Å². The predicted octanol–water partition coefficient (Wildman–Crippen LogP) is 2.30. The molecule has 1 heterocycles. The molecule has 0 spiro atoms. The van der Waals surface area contributed by atoms with Crippen LogP contribution >= 0.6 is 0 Å². The molecule has 0 saturated carbocycles. The summed E-state index contributed by atoms with van der Waals surface area (Å²) in [5.41, 5.74) is 3.43. The van der Waals surface area contributed by atoms with Crippen molar-refractivity contribution in [3.63, 3.8) is 0 Å². The Morgan fingerprint density at radius 1 is 0.875 bits per heavy atom.